The highest BCUT2D eigenvalue weighted by Crippen LogP contribution is 2.14. The number of hydrogen-bond donors (Lipinski definition) is 0. The average Bonchev–Trinajstić information content (AvgIpc) is 2.05. The smallest absolute Gasteiger partial charge is 0.0942 e. The Morgan fingerprint density at radius 3 is 2.54 bits per heavy atom. The fourth-order valence-corrected chi connectivity index (χ4v) is 0.863. The maximum absolute atomic E-state index is 4.16. The van der Waals surface area contributed by atoms with Crippen LogP contribution in [0.15, 0.2) is 34.0 Å². The Morgan fingerprint density at radius 1 is 1.31 bits per heavy atom. The lowest BCUT2D eigenvalue weighted by Crippen LogP contribution is -2.12. The summed E-state index contributed by atoms with van der Waals surface area (Å²) >= 11 is 0. The number of azo groups is 1. The van der Waals surface area contributed by atoms with Crippen molar-refractivity contribution >= 4 is 0 Å². The van der Waals surface area contributed by atoms with E-state index in [9.17, 15) is 0 Å². The first kappa shape index (κ1) is 12.1. The predicted molar refractivity (Wildman–Crippen MR) is 58.0 cm³/mol. The third-order valence-corrected chi connectivity index (χ3v) is 1.53. The van der Waals surface area contributed by atoms with Gasteiger partial charge in [-0.05, 0) is 20.8 Å². The van der Waals surface area contributed by atoms with E-state index in [-0.39, 0.29) is 5.54 Å². The monoisotopic (exact) mass is 180 g/mol. The van der Waals surface area contributed by atoms with Crippen molar-refractivity contribution in [3.8, 4) is 0 Å². The average molecular weight is 180 g/mol. The van der Waals surface area contributed by atoms with E-state index in [4.69, 9.17) is 0 Å². The van der Waals surface area contributed by atoms with E-state index in [2.05, 4.69) is 29.3 Å². The summed E-state index contributed by atoms with van der Waals surface area (Å²) in [6, 6.07) is 0. The van der Waals surface area contributed by atoms with Gasteiger partial charge in [0, 0.05) is 0 Å². The van der Waals surface area contributed by atoms with Gasteiger partial charge in [-0.1, -0.05) is 37.6 Å². The number of nitrogens with zero attached hydrogens (tertiary/aromatic N) is 2. The molecule has 1 aliphatic heterocycles. The summed E-state index contributed by atoms with van der Waals surface area (Å²) in [5, 5.41) is 8.23. The molecule has 1 rings (SSSR count). The van der Waals surface area contributed by atoms with Crippen molar-refractivity contribution in [2.45, 2.75) is 40.2 Å². The quantitative estimate of drug-likeness (QED) is 0.542. The molecule has 0 saturated carbocycles. The van der Waals surface area contributed by atoms with Crippen LogP contribution in [0.25, 0.3) is 0 Å². The van der Waals surface area contributed by atoms with Gasteiger partial charge in [-0.15, -0.1) is 0 Å². The molecule has 0 saturated heterocycles. The van der Waals surface area contributed by atoms with Crippen LogP contribution in [-0.4, -0.2) is 12.1 Å². The van der Waals surface area contributed by atoms with Crippen LogP contribution in [0.2, 0.25) is 0 Å². The molecular formula is C11H20N2. The molecule has 0 spiro atoms. The third kappa shape index (κ3) is 5.34. The highest BCUT2D eigenvalue weighted by atomic mass is 15.1. The van der Waals surface area contributed by atoms with Crippen LogP contribution in [-0.2, 0) is 0 Å². The van der Waals surface area contributed by atoms with Gasteiger partial charge in [0.2, 0.25) is 0 Å². The van der Waals surface area contributed by atoms with E-state index < -0.39 is 0 Å². The zero-order valence-electron chi connectivity index (χ0n) is 9.33. The molecule has 0 amide bonds. The highest BCUT2D eigenvalue weighted by Gasteiger charge is 2.11. The normalized spacial score (nSPS) is 21.8. The van der Waals surface area contributed by atoms with Gasteiger partial charge in [-0.2, -0.15) is 10.2 Å². The van der Waals surface area contributed by atoms with Crippen LogP contribution < -0.4 is 0 Å². The summed E-state index contributed by atoms with van der Waals surface area (Å²) in [6.45, 7) is 10.9. The van der Waals surface area contributed by atoms with Crippen LogP contribution >= 0.6 is 0 Å². The van der Waals surface area contributed by atoms with Crippen LogP contribution in [0.3, 0.4) is 0 Å². The summed E-state index contributed by atoms with van der Waals surface area (Å²) in [4.78, 5) is 0. The molecule has 2 nitrogen and oxygen atoms in total. The zero-order valence-corrected chi connectivity index (χ0v) is 9.33. The van der Waals surface area contributed by atoms with Gasteiger partial charge >= 0.3 is 0 Å². The summed E-state index contributed by atoms with van der Waals surface area (Å²) in [5.41, 5.74) is 1.12. The van der Waals surface area contributed by atoms with Crippen LogP contribution in [0, 0.1) is 0 Å². The maximum atomic E-state index is 4.16. The molecule has 2 heteroatoms. The van der Waals surface area contributed by atoms with E-state index in [0.717, 1.165) is 6.54 Å². The van der Waals surface area contributed by atoms with Crippen molar-refractivity contribution < 1.29 is 0 Å². The molecule has 0 aromatic carbocycles. The molecule has 1 aliphatic rings. The van der Waals surface area contributed by atoms with Gasteiger partial charge in [0.25, 0.3) is 0 Å². The van der Waals surface area contributed by atoms with E-state index in [1.165, 1.54) is 5.57 Å². The number of allylic oxidation sites excluding steroid dienone is 2. The Kier molecular flexibility index (Phi) is 5.28. The first-order chi connectivity index (χ1) is 6.10. The van der Waals surface area contributed by atoms with E-state index in [1.807, 2.05) is 33.8 Å². The second-order valence-electron chi connectivity index (χ2n) is 3.43. The predicted octanol–water partition coefficient (Wildman–Crippen LogP) is 3.76. The van der Waals surface area contributed by atoms with Crippen molar-refractivity contribution in [3.05, 3.63) is 23.8 Å². The van der Waals surface area contributed by atoms with E-state index in [1.54, 1.807) is 0 Å². The number of hydrogen-bond acceptors (Lipinski definition) is 2. The van der Waals surface area contributed by atoms with Crippen LogP contribution in [0.1, 0.15) is 34.6 Å². The van der Waals surface area contributed by atoms with Gasteiger partial charge in [-0.25, -0.2) is 0 Å². The summed E-state index contributed by atoms with van der Waals surface area (Å²) in [5.74, 6) is 0. The van der Waals surface area contributed by atoms with Crippen molar-refractivity contribution in [2.24, 2.45) is 10.2 Å². The van der Waals surface area contributed by atoms with Gasteiger partial charge in [0.05, 0.1) is 12.1 Å². The molecular weight excluding hydrogens is 160 g/mol. The topological polar surface area (TPSA) is 24.7 Å². The fourth-order valence-electron chi connectivity index (χ4n) is 0.863. The molecule has 0 unspecified atom stereocenters. The van der Waals surface area contributed by atoms with Crippen molar-refractivity contribution in [3.63, 3.8) is 0 Å². The van der Waals surface area contributed by atoms with Crippen molar-refractivity contribution in [2.75, 3.05) is 6.54 Å². The Morgan fingerprint density at radius 2 is 1.92 bits per heavy atom. The maximum Gasteiger partial charge on any atom is 0.0942 e. The molecule has 74 valence electrons. The van der Waals surface area contributed by atoms with Gasteiger partial charge < -0.3 is 0 Å². The van der Waals surface area contributed by atoms with Crippen LogP contribution in [0.4, 0.5) is 0 Å². The second kappa shape index (κ2) is 5.68. The standard InChI is InChI=1S/C9H14N2.C2H6/c1-8-5-4-6-9(2,3)11-10-7-8;1-2/h4-6H,7H2,1-3H3;1-2H3/b6-4-,8-5?,11-10?;. The molecule has 0 atom stereocenters. The first-order valence-electron chi connectivity index (χ1n) is 4.84. The zero-order chi connectivity index (χ0) is 10.3. The molecule has 0 aliphatic carbocycles. The van der Waals surface area contributed by atoms with E-state index in [0.29, 0.717) is 0 Å². The fraction of sp³-hybridized carbons (Fsp3) is 0.636. The lowest BCUT2D eigenvalue weighted by molar-refractivity contribution is 0.603. The first-order valence-corrected chi connectivity index (χ1v) is 4.84. The summed E-state index contributed by atoms with van der Waals surface area (Å²) in [7, 11) is 0. The lowest BCUT2D eigenvalue weighted by atomic mass is 10.1. The summed E-state index contributed by atoms with van der Waals surface area (Å²) < 4.78 is 0. The molecule has 1 heterocycles. The number of rotatable bonds is 0. The lowest BCUT2D eigenvalue weighted by Gasteiger charge is -2.13. The van der Waals surface area contributed by atoms with Gasteiger partial charge in [0.15, 0.2) is 0 Å². The van der Waals surface area contributed by atoms with E-state index >= 15 is 0 Å². The molecule has 0 N–H and O–H groups in total. The molecule has 0 aromatic rings. The van der Waals surface area contributed by atoms with Crippen molar-refractivity contribution in [1.29, 1.82) is 0 Å². The van der Waals surface area contributed by atoms with Crippen LogP contribution in [0.5, 0.6) is 0 Å². The summed E-state index contributed by atoms with van der Waals surface area (Å²) in [6.07, 6.45) is 6.19. The Bertz CT molecular complexity index is 222. The molecule has 13 heavy (non-hydrogen) atoms. The Labute approximate surface area is 81.5 Å². The Hall–Kier alpha value is -0.920. The minimum Gasteiger partial charge on any atom is -0.189 e. The second-order valence-corrected chi connectivity index (χ2v) is 3.43. The SMILES string of the molecule is CC.CC1=C/C=C\C(C)(C)N=NC1. The molecule has 0 radical (unpaired) electrons. The third-order valence-electron chi connectivity index (χ3n) is 1.53. The largest absolute Gasteiger partial charge is 0.189 e. The van der Waals surface area contributed by atoms with Gasteiger partial charge in [0.1, 0.15) is 0 Å². The molecule has 0 fully saturated rings. The molecule has 0 aromatic heterocycles. The Balaban J connectivity index is 0.000000671. The minimum absolute atomic E-state index is 0.128. The van der Waals surface area contributed by atoms with Gasteiger partial charge in [-0.3, -0.25) is 0 Å². The minimum atomic E-state index is -0.128. The van der Waals surface area contributed by atoms with Crippen molar-refractivity contribution in [1.82, 2.24) is 0 Å². The highest BCUT2D eigenvalue weighted by molar-refractivity contribution is 5.16. The molecule has 0 bridgehead atoms.